The molecule has 2 N–H and O–H groups in total. The van der Waals surface area contributed by atoms with Crippen molar-refractivity contribution in [3.05, 3.63) is 69.6 Å². The largest absolute Gasteiger partial charge is 0.502 e. The van der Waals surface area contributed by atoms with Crippen molar-refractivity contribution in [3.8, 4) is 28.6 Å². The lowest BCUT2D eigenvalue weighted by Crippen LogP contribution is -2.33. The van der Waals surface area contributed by atoms with Gasteiger partial charge in [-0.3, -0.25) is 9.69 Å². The minimum absolute atomic E-state index is 0.0160. The lowest BCUT2D eigenvalue weighted by molar-refractivity contribution is 0.202. The summed E-state index contributed by atoms with van der Waals surface area (Å²) in [6, 6.07) is 13.3. The zero-order chi connectivity index (χ0) is 22.7. The number of hydrogen-bond acceptors (Lipinski definition) is 6. The van der Waals surface area contributed by atoms with Gasteiger partial charge in [-0.2, -0.15) is 0 Å². The second-order valence-corrected chi connectivity index (χ2v) is 8.29. The average molecular weight is 436 g/mol. The fourth-order valence-electron chi connectivity index (χ4n) is 4.30. The number of methoxy groups -OCH3 is 2. The Morgan fingerprint density at radius 3 is 2.41 bits per heavy atom. The highest BCUT2D eigenvalue weighted by Gasteiger charge is 2.23. The maximum atomic E-state index is 12.3. The minimum Gasteiger partial charge on any atom is -0.502 e. The van der Waals surface area contributed by atoms with Crippen LogP contribution >= 0.6 is 0 Å². The molecule has 0 radical (unpaired) electrons. The summed E-state index contributed by atoms with van der Waals surface area (Å²) in [5, 5.41) is 10.1. The summed E-state index contributed by atoms with van der Waals surface area (Å²) in [6.45, 7) is 4.55. The van der Waals surface area contributed by atoms with Gasteiger partial charge in [0.2, 0.25) is 5.75 Å². The van der Waals surface area contributed by atoms with E-state index in [0.29, 0.717) is 17.3 Å². The molecule has 32 heavy (non-hydrogen) atoms. The molecule has 7 heteroatoms. The number of hydrogen-bond donors (Lipinski definition) is 2. The number of nitrogens with zero attached hydrogens (tertiary/aromatic N) is 2. The number of likely N-dealkylation sites (tertiary alicyclic amines) is 1. The highest BCUT2D eigenvalue weighted by molar-refractivity contribution is 5.56. The number of nitrogens with one attached hydrogen (secondary N) is 1. The maximum Gasteiger partial charge on any atom is 0.251 e. The molecule has 1 aliphatic rings. The van der Waals surface area contributed by atoms with E-state index in [1.165, 1.54) is 14.2 Å². The van der Waals surface area contributed by atoms with Gasteiger partial charge < -0.3 is 19.6 Å². The highest BCUT2D eigenvalue weighted by atomic mass is 16.5. The molecule has 168 valence electrons. The smallest absolute Gasteiger partial charge is 0.251 e. The SMILES string of the molecule is COc1cc(CN2CCC(c3cc(=O)[nH]c(-c4cccc(C)c4)n3)CC2)cc(OC)c1O. The molecule has 0 bridgehead atoms. The van der Waals surface area contributed by atoms with Gasteiger partial charge in [0.1, 0.15) is 5.82 Å². The summed E-state index contributed by atoms with van der Waals surface area (Å²) in [6.07, 6.45) is 1.85. The van der Waals surface area contributed by atoms with Crippen LogP contribution in [0.2, 0.25) is 0 Å². The number of aromatic amines is 1. The van der Waals surface area contributed by atoms with E-state index < -0.39 is 0 Å². The van der Waals surface area contributed by atoms with Gasteiger partial charge in [0.15, 0.2) is 11.5 Å². The van der Waals surface area contributed by atoms with Crippen LogP contribution in [0.15, 0.2) is 47.3 Å². The van der Waals surface area contributed by atoms with Crippen molar-refractivity contribution in [1.82, 2.24) is 14.9 Å². The summed E-state index contributed by atoms with van der Waals surface area (Å²) >= 11 is 0. The Kier molecular flexibility index (Phi) is 6.46. The van der Waals surface area contributed by atoms with Crippen LogP contribution in [0, 0.1) is 6.92 Å². The van der Waals surface area contributed by atoms with E-state index in [9.17, 15) is 9.90 Å². The van der Waals surface area contributed by atoms with E-state index in [1.54, 1.807) is 6.07 Å². The molecule has 0 unspecified atom stereocenters. The van der Waals surface area contributed by atoms with Crippen LogP contribution in [0.1, 0.15) is 35.6 Å². The number of H-pyrrole nitrogens is 1. The first-order valence-corrected chi connectivity index (χ1v) is 10.8. The van der Waals surface area contributed by atoms with Gasteiger partial charge in [0, 0.05) is 24.1 Å². The molecule has 1 fully saturated rings. The van der Waals surface area contributed by atoms with E-state index in [2.05, 4.69) is 9.88 Å². The summed E-state index contributed by atoms with van der Waals surface area (Å²) in [5.74, 6) is 1.71. The van der Waals surface area contributed by atoms with Gasteiger partial charge in [0.25, 0.3) is 5.56 Å². The molecule has 3 aromatic rings. The topological polar surface area (TPSA) is 87.7 Å². The zero-order valence-corrected chi connectivity index (χ0v) is 18.7. The number of aromatic nitrogens is 2. The molecule has 7 nitrogen and oxygen atoms in total. The molecule has 0 saturated carbocycles. The van der Waals surface area contributed by atoms with E-state index in [4.69, 9.17) is 14.5 Å². The lowest BCUT2D eigenvalue weighted by Gasteiger charge is -2.32. The number of phenolic OH excluding ortho intramolecular Hbond substituents is 1. The number of piperidine rings is 1. The van der Waals surface area contributed by atoms with Crippen LogP contribution in [0.4, 0.5) is 0 Å². The fourth-order valence-corrected chi connectivity index (χ4v) is 4.30. The van der Waals surface area contributed by atoms with Crippen molar-refractivity contribution in [2.24, 2.45) is 0 Å². The first kappa shape index (κ1) is 21.9. The third kappa shape index (κ3) is 4.78. The van der Waals surface area contributed by atoms with Crippen molar-refractivity contribution >= 4 is 0 Å². The van der Waals surface area contributed by atoms with Crippen molar-refractivity contribution in [2.45, 2.75) is 32.2 Å². The van der Waals surface area contributed by atoms with Crippen LogP contribution in [0.3, 0.4) is 0 Å². The molecule has 0 amide bonds. The second kappa shape index (κ2) is 9.44. The Morgan fingerprint density at radius 2 is 1.78 bits per heavy atom. The molecular weight excluding hydrogens is 406 g/mol. The molecule has 1 saturated heterocycles. The Labute approximate surface area is 187 Å². The summed E-state index contributed by atoms with van der Waals surface area (Å²) < 4.78 is 10.5. The van der Waals surface area contributed by atoms with Crippen LogP contribution in [-0.4, -0.2) is 47.3 Å². The third-order valence-electron chi connectivity index (χ3n) is 6.00. The van der Waals surface area contributed by atoms with Crippen molar-refractivity contribution in [1.29, 1.82) is 0 Å². The van der Waals surface area contributed by atoms with E-state index in [-0.39, 0.29) is 17.2 Å². The average Bonchev–Trinajstić information content (AvgIpc) is 2.80. The van der Waals surface area contributed by atoms with Crippen LogP contribution in [-0.2, 0) is 6.54 Å². The second-order valence-electron chi connectivity index (χ2n) is 8.29. The molecule has 2 heterocycles. The molecule has 0 spiro atoms. The van der Waals surface area contributed by atoms with Gasteiger partial charge in [0.05, 0.1) is 19.9 Å². The van der Waals surface area contributed by atoms with Crippen molar-refractivity contribution in [2.75, 3.05) is 27.3 Å². The molecule has 1 aliphatic heterocycles. The van der Waals surface area contributed by atoms with Gasteiger partial charge >= 0.3 is 0 Å². The fraction of sp³-hybridized carbons (Fsp3) is 0.360. The molecule has 0 aliphatic carbocycles. The van der Waals surface area contributed by atoms with Gasteiger partial charge in [-0.1, -0.05) is 23.8 Å². The zero-order valence-electron chi connectivity index (χ0n) is 18.7. The first-order valence-electron chi connectivity index (χ1n) is 10.8. The van der Waals surface area contributed by atoms with Crippen molar-refractivity contribution in [3.63, 3.8) is 0 Å². The predicted octanol–water partition coefficient (Wildman–Crippen LogP) is 3.85. The van der Waals surface area contributed by atoms with E-state index >= 15 is 0 Å². The normalized spacial score (nSPS) is 15.0. The molecule has 0 atom stereocenters. The molecular formula is C25H29N3O4. The standard InChI is InChI=1S/C25H29N3O4/c1-16-5-4-6-19(11-16)25-26-20(14-23(29)27-25)18-7-9-28(10-8-18)15-17-12-21(31-2)24(30)22(13-17)32-3/h4-6,11-14,18,30H,7-10,15H2,1-3H3,(H,26,27,29). The maximum absolute atomic E-state index is 12.3. The van der Waals surface area contributed by atoms with Gasteiger partial charge in [-0.25, -0.2) is 4.98 Å². The van der Waals surface area contributed by atoms with Crippen molar-refractivity contribution < 1.29 is 14.6 Å². The monoisotopic (exact) mass is 435 g/mol. The van der Waals surface area contributed by atoms with Crippen LogP contribution < -0.4 is 15.0 Å². The molecule has 2 aromatic carbocycles. The Balaban J connectivity index is 1.46. The lowest BCUT2D eigenvalue weighted by atomic mass is 9.93. The van der Waals surface area contributed by atoms with E-state index in [0.717, 1.165) is 54.9 Å². The third-order valence-corrected chi connectivity index (χ3v) is 6.00. The molecule has 4 rings (SSSR count). The Bertz CT molecular complexity index is 1120. The highest BCUT2D eigenvalue weighted by Crippen LogP contribution is 2.38. The quantitative estimate of drug-likeness (QED) is 0.612. The number of ether oxygens (including phenoxy) is 2. The number of aromatic hydroxyl groups is 1. The van der Waals surface area contributed by atoms with Crippen LogP contribution in [0.5, 0.6) is 17.2 Å². The molecule has 1 aromatic heterocycles. The Hall–Kier alpha value is -3.32. The number of aryl methyl sites for hydroxylation is 1. The number of phenols is 1. The number of rotatable bonds is 6. The van der Waals surface area contributed by atoms with Gasteiger partial charge in [-0.05, 0) is 56.6 Å². The number of benzene rings is 2. The first-order chi connectivity index (χ1) is 15.5. The van der Waals surface area contributed by atoms with Crippen LogP contribution in [0.25, 0.3) is 11.4 Å². The predicted molar refractivity (Wildman–Crippen MR) is 123 cm³/mol. The summed E-state index contributed by atoms with van der Waals surface area (Å²) in [7, 11) is 3.06. The van der Waals surface area contributed by atoms with E-state index in [1.807, 2.05) is 43.3 Å². The van der Waals surface area contributed by atoms with Gasteiger partial charge in [-0.15, -0.1) is 0 Å². The Morgan fingerprint density at radius 1 is 1.09 bits per heavy atom. The summed E-state index contributed by atoms with van der Waals surface area (Å²) in [5.41, 5.74) is 3.82. The summed E-state index contributed by atoms with van der Waals surface area (Å²) in [4.78, 5) is 22.3. The minimum atomic E-state index is -0.114.